The lowest BCUT2D eigenvalue weighted by Gasteiger charge is -2.43. The van der Waals surface area contributed by atoms with E-state index in [0.29, 0.717) is 12.8 Å². The minimum absolute atomic E-state index is 0.0439. The van der Waals surface area contributed by atoms with E-state index in [1.807, 2.05) is 6.92 Å². The number of ketones is 2. The average Bonchev–Trinajstić information content (AvgIpc) is 2.43. The molecular weight excluding hydrogens is 224 g/mol. The minimum atomic E-state index is -0.778. The van der Waals surface area contributed by atoms with E-state index in [4.69, 9.17) is 0 Å². The predicted molar refractivity (Wildman–Crippen MR) is 72.1 cm³/mol. The maximum atomic E-state index is 12.6. The molecule has 2 rings (SSSR count). The van der Waals surface area contributed by atoms with Crippen LogP contribution < -0.4 is 0 Å². The highest BCUT2D eigenvalue weighted by molar-refractivity contribution is 6.09. The molecule has 0 radical (unpaired) electrons. The monoisotopic (exact) mass is 246 g/mol. The minimum Gasteiger partial charge on any atom is -0.299 e. The Labute approximate surface area is 109 Å². The Morgan fingerprint density at radius 3 is 2.61 bits per heavy atom. The van der Waals surface area contributed by atoms with Crippen molar-refractivity contribution < 1.29 is 9.59 Å². The van der Waals surface area contributed by atoms with E-state index < -0.39 is 5.41 Å². The Kier molecular flexibility index (Phi) is 3.08. The van der Waals surface area contributed by atoms with Crippen molar-refractivity contribution in [3.8, 4) is 0 Å². The molecule has 0 spiro atoms. The number of Topliss-reactive ketones (excluding diaryl/α,β-unsaturated/α-hetero) is 2. The molecule has 1 saturated carbocycles. The first-order valence-corrected chi connectivity index (χ1v) is 6.71. The van der Waals surface area contributed by atoms with Gasteiger partial charge in [-0.25, -0.2) is 0 Å². The van der Waals surface area contributed by atoms with Crippen molar-refractivity contribution in [2.45, 2.75) is 46.5 Å². The number of carbonyl (C=O) groups is 2. The summed E-state index contributed by atoms with van der Waals surface area (Å²) in [5.41, 5.74) is -0.0289. The molecule has 0 aromatic carbocycles. The maximum absolute atomic E-state index is 12.6. The largest absolute Gasteiger partial charge is 0.299 e. The molecule has 98 valence electrons. The van der Waals surface area contributed by atoms with E-state index >= 15 is 0 Å². The molecule has 0 amide bonds. The second-order valence-electron chi connectivity index (χ2n) is 6.12. The van der Waals surface area contributed by atoms with Gasteiger partial charge in [0, 0.05) is 6.42 Å². The van der Waals surface area contributed by atoms with Crippen LogP contribution in [0.25, 0.3) is 0 Å². The van der Waals surface area contributed by atoms with Gasteiger partial charge in [-0.2, -0.15) is 0 Å². The Balaban J connectivity index is 2.61. The third-order valence-corrected chi connectivity index (χ3v) is 5.20. The molecule has 0 bridgehead atoms. The molecule has 0 aromatic rings. The Morgan fingerprint density at radius 1 is 1.39 bits per heavy atom. The van der Waals surface area contributed by atoms with E-state index in [2.05, 4.69) is 25.7 Å². The van der Waals surface area contributed by atoms with Gasteiger partial charge in [-0.3, -0.25) is 9.59 Å². The van der Waals surface area contributed by atoms with Crippen LogP contribution in [-0.4, -0.2) is 11.6 Å². The average molecular weight is 246 g/mol. The van der Waals surface area contributed by atoms with Gasteiger partial charge in [0.1, 0.15) is 11.6 Å². The van der Waals surface area contributed by atoms with Gasteiger partial charge in [0.05, 0.1) is 5.41 Å². The first-order chi connectivity index (χ1) is 8.36. The SMILES string of the molecule is C=C(C)[C@@H]1CC(=O)[C@]2(C(C)=O)CCC=CC[C@@]12C. The van der Waals surface area contributed by atoms with Crippen molar-refractivity contribution in [1.82, 2.24) is 0 Å². The molecule has 2 nitrogen and oxygen atoms in total. The van der Waals surface area contributed by atoms with Crippen molar-refractivity contribution in [3.63, 3.8) is 0 Å². The topological polar surface area (TPSA) is 34.1 Å². The Morgan fingerprint density at radius 2 is 2.06 bits per heavy atom. The third kappa shape index (κ3) is 1.47. The zero-order valence-corrected chi connectivity index (χ0v) is 11.6. The highest BCUT2D eigenvalue weighted by Crippen LogP contribution is 2.61. The van der Waals surface area contributed by atoms with Gasteiger partial charge in [-0.1, -0.05) is 31.2 Å². The van der Waals surface area contributed by atoms with Crippen LogP contribution in [0.2, 0.25) is 0 Å². The van der Waals surface area contributed by atoms with Crippen LogP contribution in [0.4, 0.5) is 0 Å². The zero-order chi connectivity index (χ0) is 13.6. The van der Waals surface area contributed by atoms with Crippen LogP contribution in [0.5, 0.6) is 0 Å². The zero-order valence-electron chi connectivity index (χ0n) is 11.6. The standard InChI is InChI=1S/C16H22O2/c1-11(2)13-10-14(18)16(12(3)17)9-7-5-6-8-15(13,16)4/h5-6,13H,1,7-10H2,2-4H3/t13-,15-,16+/m0/s1. The molecule has 2 heteroatoms. The fourth-order valence-corrected chi connectivity index (χ4v) is 4.18. The van der Waals surface area contributed by atoms with E-state index in [1.165, 1.54) is 0 Å². The fraction of sp³-hybridized carbons (Fsp3) is 0.625. The Bertz CT molecular complexity index is 446. The van der Waals surface area contributed by atoms with Gasteiger partial charge in [0.15, 0.2) is 0 Å². The van der Waals surface area contributed by atoms with E-state index in [1.54, 1.807) is 6.92 Å². The first kappa shape index (κ1) is 13.3. The lowest BCUT2D eigenvalue weighted by Crippen LogP contribution is -2.47. The highest BCUT2D eigenvalue weighted by Gasteiger charge is 2.64. The normalized spacial score (nSPS) is 39.3. The van der Waals surface area contributed by atoms with E-state index in [0.717, 1.165) is 18.4 Å². The second-order valence-corrected chi connectivity index (χ2v) is 6.12. The molecule has 2 aliphatic carbocycles. The summed E-state index contributed by atoms with van der Waals surface area (Å²) in [4.78, 5) is 24.8. The van der Waals surface area contributed by atoms with Crippen LogP contribution in [0, 0.1) is 16.7 Å². The molecule has 0 N–H and O–H groups in total. The summed E-state index contributed by atoms with van der Waals surface area (Å²) < 4.78 is 0. The van der Waals surface area contributed by atoms with Gasteiger partial charge >= 0.3 is 0 Å². The molecule has 0 aliphatic heterocycles. The molecule has 0 unspecified atom stereocenters. The fourth-order valence-electron chi connectivity index (χ4n) is 4.18. The van der Waals surface area contributed by atoms with Crippen LogP contribution >= 0.6 is 0 Å². The smallest absolute Gasteiger partial charge is 0.147 e. The third-order valence-electron chi connectivity index (χ3n) is 5.20. The molecule has 2 aliphatic rings. The molecule has 3 atom stereocenters. The summed E-state index contributed by atoms with van der Waals surface area (Å²) in [6, 6.07) is 0. The molecular formula is C16H22O2. The van der Waals surface area contributed by atoms with Crippen molar-refractivity contribution in [1.29, 1.82) is 0 Å². The van der Waals surface area contributed by atoms with Gasteiger partial charge < -0.3 is 0 Å². The van der Waals surface area contributed by atoms with Gasteiger partial charge in [0.2, 0.25) is 0 Å². The summed E-state index contributed by atoms with van der Waals surface area (Å²) in [7, 11) is 0. The lowest BCUT2D eigenvalue weighted by atomic mass is 9.58. The molecule has 0 heterocycles. The van der Waals surface area contributed by atoms with Crippen molar-refractivity contribution in [2.24, 2.45) is 16.7 Å². The van der Waals surface area contributed by atoms with Gasteiger partial charge in [-0.05, 0) is 44.4 Å². The summed E-state index contributed by atoms with van der Waals surface area (Å²) in [5.74, 6) is 0.313. The van der Waals surface area contributed by atoms with Crippen LogP contribution in [-0.2, 0) is 9.59 Å². The second kappa shape index (κ2) is 4.18. The van der Waals surface area contributed by atoms with Crippen molar-refractivity contribution >= 4 is 11.6 Å². The Hall–Kier alpha value is -1.18. The maximum Gasteiger partial charge on any atom is 0.147 e. The number of rotatable bonds is 2. The van der Waals surface area contributed by atoms with Crippen LogP contribution in [0.1, 0.15) is 46.5 Å². The summed E-state index contributed by atoms with van der Waals surface area (Å²) in [6.07, 6.45) is 7.02. The quantitative estimate of drug-likeness (QED) is 0.552. The number of carbonyl (C=O) groups excluding carboxylic acids is 2. The summed E-state index contributed by atoms with van der Waals surface area (Å²) in [5, 5.41) is 0. The predicted octanol–water partition coefficient (Wildman–Crippen LogP) is 3.47. The number of fused-ring (bicyclic) bond motifs is 1. The summed E-state index contributed by atoms with van der Waals surface area (Å²) >= 11 is 0. The van der Waals surface area contributed by atoms with Crippen molar-refractivity contribution in [3.05, 3.63) is 24.3 Å². The van der Waals surface area contributed by atoms with Crippen LogP contribution in [0.15, 0.2) is 24.3 Å². The summed E-state index contributed by atoms with van der Waals surface area (Å²) in [6.45, 7) is 9.71. The molecule has 1 fully saturated rings. The van der Waals surface area contributed by atoms with Gasteiger partial charge in [0.25, 0.3) is 0 Å². The van der Waals surface area contributed by atoms with E-state index in [-0.39, 0.29) is 22.9 Å². The molecule has 18 heavy (non-hydrogen) atoms. The van der Waals surface area contributed by atoms with Gasteiger partial charge in [-0.15, -0.1) is 0 Å². The number of hydrogen-bond donors (Lipinski definition) is 0. The molecule has 0 saturated heterocycles. The molecule has 0 aromatic heterocycles. The van der Waals surface area contributed by atoms with E-state index in [9.17, 15) is 9.59 Å². The number of hydrogen-bond acceptors (Lipinski definition) is 2. The number of allylic oxidation sites excluding steroid dienone is 3. The highest BCUT2D eigenvalue weighted by atomic mass is 16.2. The first-order valence-electron chi connectivity index (χ1n) is 6.71. The lowest BCUT2D eigenvalue weighted by molar-refractivity contribution is -0.144. The van der Waals surface area contributed by atoms with Crippen LogP contribution in [0.3, 0.4) is 0 Å². The van der Waals surface area contributed by atoms with Crippen molar-refractivity contribution in [2.75, 3.05) is 0 Å².